The maximum absolute atomic E-state index is 13.7. The predicted molar refractivity (Wildman–Crippen MR) is 194 cm³/mol. The first kappa shape index (κ1) is 38.8. The van der Waals surface area contributed by atoms with E-state index in [4.69, 9.17) is 14.2 Å². The van der Waals surface area contributed by atoms with Crippen LogP contribution in [0.2, 0.25) is 0 Å². The summed E-state index contributed by atoms with van der Waals surface area (Å²) in [6.45, 7) is 8.39. The fraction of sp³-hybridized carbons (Fsp3) is 0.333. The van der Waals surface area contributed by atoms with Crippen molar-refractivity contribution in [3.8, 4) is 0 Å². The zero-order valence-corrected chi connectivity index (χ0v) is 29.6. The van der Waals surface area contributed by atoms with Crippen LogP contribution in [0.3, 0.4) is 0 Å². The Kier molecular flexibility index (Phi) is 13.7. The van der Waals surface area contributed by atoms with Gasteiger partial charge in [0.25, 0.3) is 0 Å². The van der Waals surface area contributed by atoms with Gasteiger partial charge in [0.15, 0.2) is 5.78 Å². The van der Waals surface area contributed by atoms with Crippen LogP contribution in [0.5, 0.6) is 0 Å². The van der Waals surface area contributed by atoms with Crippen molar-refractivity contribution in [1.29, 1.82) is 0 Å². The van der Waals surface area contributed by atoms with Crippen LogP contribution in [-0.2, 0) is 30.4 Å². The van der Waals surface area contributed by atoms with Crippen molar-refractivity contribution in [3.05, 3.63) is 108 Å². The molecule has 0 aromatic heterocycles. The molecule has 0 aliphatic carbocycles. The van der Waals surface area contributed by atoms with Gasteiger partial charge in [-0.05, 0) is 69.5 Å². The SMILES string of the molecule is C=CCOC(=O)c1cccc(N(CC(=O)Nc2ccccc2C(=O)C2CCN(C(=O)OCc3ccccc3)CC2)C(=O)NCC(=O)OC(C)(C)C)c1. The Balaban J connectivity index is 1.43. The van der Waals surface area contributed by atoms with Gasteiger partial charge in [0, 0.05) is 30.3 Å². The molecule has 1 aliphatic rings. The van der Waals surface area contributed by atoms with E-state index < -0.39 is 54.6 Å². The van der Waals surface area contributed by atoms with Crippen molar-refractivity contribution in [2.45, 2.75) is 45.8 Å². The quantitative estimate of drug-likeness (QED) is 0.0973. The number of benzene rings is 3. The summed E-state index contributed by atoms with van der Waals surface area (Å²) in [5.74, 6) is -2.58. The number of Topliss-reactive ketones (excluding diaryl/α,β-unsaturated/α-hetero) is 1. The van der Waals surface area contributed by atoms with E-state index in [1.165, 1.54) is 30.3 Å². The van der Waals surface area contributed by atoms with Gasteiger partial charge in [-0.15, -0.1) is 0 Å². The molecule has 52 heavy (non-hydrogen) atoms. The Morgan fingerprint density at radius 3 is 2.29 bits per heavy atom. The van der Waals surface area contributed by atoms with Crippen LogP contribution in [0.1, 0.15) is 59.9 Å². The van der Waals surface area contributed by atoms with Crippen LogP contribution in [-0.4, -0.2) is 79.0 Å². The van der Waals surface area contributed by atoms with E-state index in [1.54, 1.807) is 49.9 Å². The molecule has 1 saturated heterocycles. The third-order valence-corrected chi connectivity index (χ3v) is 7.87. The number of likely N-dealkylation sites (tertiary alicyclic amines) is 1. The number of carbonyl (C=O) groups excluding carboxylic acids is 6. The number of hydrogen-bond donors (Lipinski definition) is 2. The molecule has 1 fully saturated rings. The molecule has 274 valence electrons. The number of rotatable bonds is 13. The predicted octanol–water partition coefficient (Wildman–Crippen LogP) is 5.76. The molecule has 0 radical (unpaired) electrons. The number of carbonyl (C=O) groups is 6. The number of anilines is 2. The monoisotopic (exact) mass is 712 g/mol. The van der Waals surface area contributed by atoms with Crippen molar-refractivity contribution in [2.24, 2.45) is 5.92 Å². The van der Waals surface area contributed by atoms with Crippen LogP contribution < -0.4 is 15.5 Å². The van der Waals surface area contributed by atoms with Crippen LogP contribution >= 0.6 is 0 Å². The molecule has 0 unspecified atom stereocenters. The van der Waals surface area contributed by atoms with Gasteiger partial charge in [0.05, 0.1) is 11.3 Å². The van der Waals surface area contributed by atoms with Crippen LogP contribution in [0.15, 0.2) is 91.5 Å². The first-order chi connectivity index (χ1) is 24.8. The van der Waals surface area contributed by atoms with Crippen molar-refractivity contribution >= 4 is 47.1 Å². The number of para-hydroxylation sites is 1. The molecule has 3 aromatic rings. The molecule has 3 aromatic carbocycles. The second-order valence-corrected chi connectivity index (χ2v) is 13.0. The van der Waals surface area contributed by atoms with Gasteiger partial charge in [-0.1, -0.05) is 61.2 Å². The largest absolute Gasteiger partial charge is 0.459 e. The number of ether oxygens (including phenoxy) is 3. The minimum atomic E-state index is -0.809. The first-order valence-electron chi connectivity index (χ1n) is 16.9. The molecule has 13 nitrogen and oxygen atoms in total. The summed E-state index contributed by atoms with van der Waals surface area (Å²) in [5.41, 5.74) is 0.922. The third-order valence-electron chi connectivity index (χ3n) is 7.87. The van der Waals surface area contributed by atoms with Gasteiger partial charge in [-0.2, -0.15) is 0 Å². The minimum absolute atomic E-state index is 0.0237. The Labute approximate surface area is 302 Å². The normalized spacial score (nSPS) is 12.9. The topological polar surface area (TPSA) is 161 Å². The number of nitrogens with one attached hydrogen (secondary N) is 2. The van der Waals surface area contributed by atoms with E-state index in [-0.39, 0.29) is 41.5 Å². The second kappa shape index (κ2) is 18.3. The average Bonchev–Trinajstić information content (AvgIpc) is 3.13. The number of hydrogen-bond acceptors (Lipinski definition) is 9. The molecule has 2 N–H and O–H groups in total. The highest BCUT2D eigenvalue weighted by atomic mass is 16.6. The third kappa shape index (κ3) is 11.5. The summed E-state index contributed by atoms with van der Waals surface area (Å²) < 4.78 is 15.8. The van der Waals surface area contributed by atoms with Gasteiger partial charge < -0.3 is 29.7 Å². The smallest absolute Gasteiger partial charge is 0.410 e. The molecule has 4 amide bonds. The lowest BCUT2D eigenvalue weighted by Gasteiger charge is -2.31. The first-order valence-corrected chi connectivity index (χ1v) is 16.9. The molecule has 1 heterocycles. The van der Waals surface area contributed by atoms with Gasteiger partial charge >= 0.3 is 24.1 Å². The number of piperidine rings is 1. The van der Waals surface area contributed by atoms with Crippen molar-refractivity contribution in [3.63, 3.8) is 0 Å². The van der Waals surface area contributed by atoms with E-state index in [2.05, 4.69) is 17.2 Å². The molecule has 0 saturated carbocycles. The van der Waals surface area contributed by atoms with Gasteiger partial charge in [0.1, 0.15) is 31.9 Å². The number of nitrogens with zero attached hydrogens (tertiary/aromatic N) is 2. The summed E-state index contributed by atoms with van der Waals surface area (Å²) in [6, 6.07) is 21.0. The van der Waals surface area contributed by atoms with Gasteiger partial charge in [-0.25, -0.2) is 14.4 Å². The van der Waals surface area contributed by atoms with Crippen molar-refractivity contribution in [2.75, 3.05) is 43.0 Å². The van der Waals surface area contributed by atoms with E-state index >= 15 is 0 Å². The Morgan fingerprint density at radius 1 is 0.904 bits per heavy atom. The van der Waals surface area contributed by atoms with Gasteiger partial charge in [0.2, 0.25) is 5.91 Å². The lowest BCUT2D eigenvalue weighted by atomic mass is 9.88. The summed E-state index contributed by atoms with van der Waals surface area (Å²) in [6.07, 6.45) is 1.80. The van der Waals surface area contributed by atoms with E-state index in [0.717, 1.165) is 10.5 Å². The molecule has 0 spiro atoms. The van der Waals surface area contributed by atoms with Crippen molar-refractivity contribution in [1.82, 2.24) is 10.2 Å². The highest BCUT2D eigenvalue weighted by molar-refractivity contribution is 6.08. The fourth-order valence-electron chi connectivity index (χ4n) is 5.41. The van der Waals surface area contributed by atoms with E-state index in [0.29, 0.717) is 25.9 Å². The highest BCUT2D eigenvalue weighted by Crippen LogP contribution is 2.27. The average molecular weight is 713 g/mol. The Morgan fingerprint density at radius 2 is 1.60 bits per heavy atom. The summed E-state index contributed by atoms with van der Waals surface area (Å²) in [7, 11) is 0. The zero-order valence-electron chi connectivity index (χ0n) is 29.6. The van der Waals surface area contributed by atoms with E-state index in [1.807, 2.05) is 30.3 Å². The molecule has 1 aliphatic heterocycles. The molecule has 4 rings (SSSR count). The summed E-state index contributed by atoms with van der Waals surface area (Å²) in [5, 5.41) is 5.21. The maximum Gasteiger partial charge on any atom is 0.410 e. The Bertz CT molecular complexity index is 1760. The summed E-state index contributed by atoms with van der Waals surface area (Å²) in [4.78, 5) is 80.8. The second-order valence-electron chi connectivity index (χ2n) is 13.0. The molecular weight excluding hydrogens is 668 g/mol. The molecular formula is C39H44N4O9. The molecule has 0 atom stereocenters. The van der Waals surface area contributed by atoms with Gasteiger partial charge in [-0.3, -0.25) is 19.3 Å². The fourth-order valence-corrected chi connectivity index (χ4v) is 5.41. The maximum atomic E-state index is 13.7. The lowest BCUT2D eigenvalue weighted by molar-refractivity contribution is -0.153. The zero-order chi connectivity index (χ0) is 37.7. The molecule has 13 heteroatoms. The van der Waals surface area contributed by atoms with Crippen LogP contribution in [0, 0.1) is 5.92 Å². The highest BCUT2D eigenvalue weighted by Gasteiger charge is 2.30. The number of esters is 2. The number of urea groups is 1. The van der Waals surface area contributed by atoms with Crippen LogP contribution in [0.25, 0.3) is 0 Å². The standard InChI is InChI=1S/C39H44N4O9/c1-5-22-50-36(47)29-14-11-15-30(23-29)43(37(48)40-24-34(45)52-39(2,3)4)25-33(44)41-32-17-10-9-16-31(32)35(46)28-18-20-42(21-19-28)38(49)51-26-27-12-7-6-8-13-27/h5-17,23,28H,1,18-22,24-26H2,2-4H3,(H,40,48)(H,41,44). The molecule has 0 bridgehead atoms. The minimum Gasteiger partial charge on any atom is -0.459 e. The van der Waals surface area contributed by atoms with E-state index in [9.17, 15) is 28.8 Å². The number of amides is 4. The van der Waals surface area contributed by atoms with Crippen LogP contribution in [0.4, 0.5) is 21.0 Å². The Hall–Kier alpha value is -5.98. The number of ketones is 1. The lowest BCUT2D eigenvalue weighted by Crippen LogP contribution is -2.46. The summed E-state index contributed by atoms with van der Waals surface area (Å²) >= 11 is 0. The van der Waals surface area contributed by atoms with Crippen molar-refractivity contribution < 1.29 is 43.0 Å².